The number of hydrogen-bond acceptors (Lipinski definition) is 5. The Kier molecular flexibility index (Phi) is 11.1. The molecule has 2 amide bonds. The molecule has 0 bridgehead atoms. The van der Waals surface area contributed by atoms with Crippen LogP contribution < -0.4 is 14.4 Å². The summed E-state index contributed by atoms with van der Waals surface area (Å²) in [4.78, 5) is 29.7. The third-order valence-corrected chi connectivity index (χ3v) is 9.08. The maximum Gasteiger partial charge on any atom is 0.264 e. The van der Waals surface area contributed by atoms with Crippen molar-refractivity contribution in [1.82, 2.24) is 10.2 Å². The van der Waals surface area contributed by atoms with Crippen LogP contribution in [0.1, 0.15) is 31.9 Å². The van der Waals surface area contributed by atoms with Crippen molar-refractivity contribution in [3.8, 4) is 5.75 Å². The van der Waals surface area contributed by atoms with Gasteiger partial charge in [0.05, 0.1) is 17.7 Å². The maximum absolute atomic E-state index is 14.5. The Balaban J connectivity index is 1.81. The molecule has 4 rings (SSSR count). The Hall–Kier alpha value is -4.41. The molecule has 1 atom stereocenters. The third-order valence-electron chi connectivity index (χ3n) is 7.05. The van der Waals surface area contributed by atoms with Crippen LogP contribution in [0, 0.1) is 5.82 Å². The molecule has 0 fully saturated rings. The highest BCUT2D eigenvalue weighted by Crippen LogP contribution is 2.27. The minimum absolute atomic E-state index is 0.0334. The number of methoxy groups -OCH3 is 1. The van der Waals surface area contributed by atoms with Crippen molar-refractivity contribution in [1.29, 1.82) is 0 Å². The first kappa shape index (κ1) is 34.5. The first-order chi connectivity index (χ1) is 21.8. The average Bonchev–Trinajstić information content (AvgIpc) is 3.01. The van der Waals surface area contributed by atoms with Gasteiger partial charge in [0.1, 0.15) is 24.2 Å². The Morgan fingerprint density at radius 3 is 2.11 bits per heavy atom. The molecule has 0 saturated carbocycles. The predicted octanol–water partition coefficient (Wildman–Crippen LogP) is 6.24. The predicted molar refractivity (Wildman–Crippen MR) is 178 cm³/mol. The van der Waals surface area contributed by atoms with Gasteiger partial charge < -0.3 is 15.0 Å². The Morgan fingerprint density at radius 2 is 1.52 bits per heavy atom. The lowest BCUT2D eigenvalue weighted by Crippen LogP contribution is -2.56. The summed E-state index contributed by atoms with van der Waals surface area (Å²) in [6.07, 6.45) is 0.164. The second kappa shape index (κ2) is 14.8. The number of anilines is 1. The molecule has 0 saturated heterocycles. The van der Waals surface area contributed by atoms with Gasteiger partial charge in [-0.05, 0) is 92.6 Å². The molecule has 0 spiro atoms. The molecule has 46 heavy (non-hydrogen) atoms. The van der Waals surface area contributed by atoms with Gasteiger partial charge in [0.25, 0.3) is 10.0 Å². The van der Waals surface area contributed by atoms with E-state index in [1.165, 1.54) is 48.4 Å². The molecule has 242 valence electrons. The zero-order valence-corrected chi connectivity index (χ0v) is 27.7. The molecular formula is C35H37ClFN3O5S. The van der Waals surface area contributed by atoms with Gasteiger partial charge in [-0.2, -0.15) is 0 Å². The quantitative estimate of drug-likeness (QED) is 0.193. The van der Waals surface area contributed by atoms with Crippen molar-refractivity contribution >= 4 is 39.1 Å². The number of hydrogen-bond donors (Lipinski definition) is 1. The van der Waals surface area contributed by atoms with Gasteiger partial charge in [0.15, 0.2) is 0 Å². The number of benzene rings is 4. The first-order valence-electron chi connectivity index (χ1n) is 14.6. The minimum Gasteiger partial charge on any atom is -0.497 e. The van der Waals surface area contributed by atoms with Crippen LogP contribution in [-0.4, -0.2) is 50.4 Å². The van der Waals surface area contributed by atoms with Crippen molar-refractivity contribution in [3.63, 3.8) is 0 Å². The van der Waals surface area contributed by atoms with Gasteiger partial charge in [0, 0.05) is 23.5 Å². The van der Waals surface area contributed by atoms with E-state index in [0.717, 1.165) is 22.0 Å². The Morgan fingerprint density at radius 1 is 0.891 bits per heavy atom. The van der Waals surface area contributed by atoms with Gasteiger partial charge in [-0.25, -0.2) is 12.8 Å². The van der Waals surface area contributed by atoms with Crippen LogP contribution in [0.4, 0.5) is 10.1 Å². The van der Waals surface area contributed by atoms with Crippen LogP contribution in [-0.2, 0) is 32.6 Å². The van der Waals surface area contributed by atoms with E-state index in [-0.39, 0.29) is 23.5 Å². The lowest BCUT2D eigenvalue weighted by molar-refractivity contribution is -0.140. The molecule has 4 aromatic rings. The smallest absolute Gasteiger partial charge is 0.264 e. The van der Waals surface area contributed by atoms with Crippen LogP contribution >= 0.6 is 11.6 Å². The van der Waals surface area contributed by atoms with Crippen LogP contribution in [0.3, 0.4) is 0 Å². The monoisotopic (exact) mass is 665 g/mol. The highest BCUT2D eigenvalue weighted by Gasteiger charge is 2.35. The molecule has 0 aliphatic carbocycles. The van der Waals surface area contributed by atoms with E-state index in [1.807, 2.05) is 51.1 Å². The number of sulfonamides is 1. The zero-order chi connectivity index (χ0) is 33.5. The van der Waals surface area contributed by atoms with E-state index in [0.29, 0.717) is 16.3 Å². The van der Waals surface area contributed by atoms with Crippen molar-refractivity contribution in [2.45, 2.75) is 50.2 Å². The summed E-state index contributed by atoms with van der Waals surface area (Å²) in [7, 11) is -2.89. The van der Waals surface area contributed by atoms with E-state index in [4.69, 9.17) is 16.3 Å². The van der Waals surface area contributed by atoms with Crippen molar-refractivity contribution in [3.05, 3.63) is 125 Å². The van der Waals surface area contributed by atoms with Crippen LogP contribution in [0.15, 0.2) is 108 Å². The number of nitrogens with zero attached hydrogens (tertiary/aromatic N) is 2. The lowest BCUT2D eigenvalue weighted by Gasteiger charge is -2.35. The largest absolute Gasteiger partial charge is 0.497 e. The van der Waals surface area contributed by atoms with Crippen molar-refractivity contribution in [2.75, 3.05) is 18.0 Å². The second-order valence-electron chi connectivity index (χ2n) is 11.8. The fraction of sp³-hybridized carbons (Fsp3) is 0.257. The fourth-order valence-electron chi connectivity index (χ4n) is 4.85. The molecule has 4 aromatic carbocycles. The SMILES string of the molecule is COc1ccc(S(=O)(=O)N(CC(=O)N(Cc2cccc(Cl)c2)[C@@H](Cc2ccccc2)C(=O)NC(C)(C)C)c2ccc(F)cc2)cc1. The normalized spacial score (nSPS) is 12.2. The molecule has 0 heterocycles. The number of amides is 2. The lowest BCUT2D eigenvalue weighted by atomic mass is 10.0. The summed E-state index contributed by atoms with van der Waals surface area (Å²) in [6, 6.07) is 25.7. The molecule has 0 radical (unpaired) electrons. The van der Waals surface area contributed by atoms with E-state index in [9.17, 15) is 22.4 Å². The molecule has 11 heteroatoms. The zero-order valence-electron chi connectivity index (χ0n) is 26.1. The highest BCUT2D eigenvalue weighted by atomic mass is 35.5. The summed E-state index contributed by atoms with van der Waals surface area (Å²) in [5, 5.41) is 3.43. The van der Waals surface area contributed by atoms with Gasteiger partial charge in [-0.1, -0.05) is 54.1 Å². The summed E-state index contributed by atoms with van der Waals surface area (Å²) >= 11 is 6.28. The molecular weight excluding hydrogens is 629 g/mol. The van der Waals surface area contributed by atoms with Gasteiger partial charge >= 0.3 is 0 Å². The molecule has 0 aliphatic rings. The third kappa shape index (κ3) is 9.08. The summed E-state index contributed by atoms with van der Waals surface area (Å²) < 4.78 is 48.2. The van der Waals surface area contributed by atoms with Crippen LogP contribution in [0.2, 0.25) is 5.02 Å². The minimum atomic E-state index is -4.35. The Labute approximate surface area is 274 Å². The fourth-order valence-corrected chi connectivity index (χ4v) is 6.48. The number of halogens is 2. The van der Waals surface area contributed by atoms with Crippen LogP contribution in [0.25, 0.3) is 0 Å². The van der Waals surface area contributed by atoms with E-state index in [2.05, 4.69) is 5.32 Å². The molecule has 0 aromatic heterocycles. The second-order valence-corrected chi connectivity index (χ2v) is 14.1. The van der Waals surface area contributed by atoms with Crippen molar-refractivity contribution in [2.24, 2.45) is 0 Å². The summed E-state index contributed by atoms with van der Waals surface area (Å²) in [5.74, 6) is -1.17. The first-order valence-corrected chi connectivity index (χ1v) is 16.4. The molecule has 8 nitrogen and oxygen atoms in total. The van der Waals surface area contributed by atoms with Gasteiger partial charge in [0.2, 0.25) is 11.8 Å². The highest BCUT2D eigenvalue weighted by molar-refractivity contribution is 7.92. The summed E-state index contributed by atoms with van der Waals surface area (Å²) in [5.41, 5.74) is 0.914. The Bertz CT molecular complexity index is 1750. The molecule has 1 N–H and O–H groups in total. The van der Waals surface area contributed by atoms with E-state index >= 15 is 0 Å². The molecule has 0 unspecified atom stereocenters. The van der Waals surface area contributed by atoms with E-state index < -0.39 is 45.8 Å². The number of carbonyl (C=O) groups excluding carboxylic acids is 2. The van der Waals surface area contributed by atoms with E-state index in [1.54, 1.807) is 24.3 Å². The van der Waals surface area contributed by atoms with Crippen LogP contribution in [0.5, 0.6) is 5.75 Å². The van der Waals surface area contributed by atoms with Crippen molar-refractivity contribution < 1.29 is 27.1 Å². The maximum atomic E-state index is 14.5. The number of carbonyl (C=O) groups is 2. The van der Waals surface area contributed by atoms with Gasteiger partial charge in [-0.15, -0.1) is 0 Å². The average molecular weight is 666 g/mol. The topological polar surface area (TPSA) is 96.0 Å². The number of ether oxygens (including phenoxy) is 1. The molecule has 0 aliphatic heterocycles. The van der Waals surface area contributed by atoms with Gasteiger partial charge in [-0.3, -0.25) is 13.9 Å². The standard InChI is InChI=1S/C35H37ClFN3O5S/c1-35(2,3)38-34(42)32(22-25-9-6-5-7-10-25)39(23-26-11-8-12-27(36)21-26)33(41)24-40(29-15-13-28(37)14-16-29)46(43,44)31-19-17-30(45-4)18-20-31/h5-21,32H,22-24H2,1-4H3,(H,38,42)/t32-/m0/s1. The number of nitrogens with one attached hydrogen (secondary N) is 1. The summed E-state index contributed by atoms with van der Waals surface area (Å²) in [6.45, 7) is 4.81. The number of rotatable bonds is 12.